The van der Waals surface area contributed by atoms with Crippen LogP contribution in [0.2, 0.25) is 0 Å². The van der Waals surface area contributed by atoms with E-state index < -0.39 is 6.17 Å². The van der Waals surface area contributed by atoms with Gasteiger partial charge in [-0.1, -0.05) is 36.8 Å². The van der Waals surface area contributed by atoms with Gasteiger partial charge in [0.15, 0.2) is 12.0 Å². The zero-order valence-electron chi connectivity index (χ0n) is 14.0. The Morgan fingerprint density at radius 1 is 1.21 bits per heavy atom. The molecule has 1 unspecified atom stereocenters. The van der Waals surface area contributed by atoms with Gasteiger partial charge in [0, 0.05) is 6.04 Å². The van der Waals surface area contributed by atoms with E-state index in [4.69, 9.17) is 5.73 Å². The molecule has 1 heterocycles. The molecule has 1 aromatic heterocycles. The van der Waals surface area contributed by atoms with Crippen LogP contribution in [0, 0.1) is 5.92 Å². The lowest BCUT2D eigenvalue weighted by Gasteiger charge is -2.34. The van der Waals surface area contributed by atoms with E-state index in [0.29, 0.717) is 11.9 Å². The van der Waals surface area contributed by atoms with E-state index in [2.05, 4.69) is 44.5 Å². The molecular weight excluding hydrogens is 305 g/mol. The first-order valence-electron chi connectivity index (χ1n) is 8.58. The first kappa shape index (κ1) is 16.6. The number of nitrogens with one attached hydrogen (secondary N) is 1. The van der Waals surface area contributed by atoms with Gasteiger partial charge in [-0.3, -0.25) is 0 Å². The summed E-state index contributed by atoms with van der Waals surface area (Å²) in [4.78, 5) is 12.2. The van der Waals surface area contributed by atoms with Crippen molar-refractivity contribution in [3.05, 3.63) is 41.7 Å². The fraction of sp³-hybridized carbons (Fsp3) is 0.500. The Labute approximate surface area is 141 Å². The van der Waals surface area contributed by atoms with Crippen LogP contribution in [0.1, 0.15) is 50.2 Å². The maximum Gasteiger partial charge on any atom is 0.228 e. The molecule has 3 rings (SSSR count). The van der Waals surface area contributed by atoms with Crippen molar-refractivity contribution < 1.29 is 4.39 Å². The summed E-state index contributed by atoms with van der Waals surface area (Å²) in [6, 6.07) is 10.7. The average Bonchev–Trinajstić information content (AvgIpc) is 2.51. The molecule has 6 heteroatoms. The molecule has 0 radical (unpaired) electrons. The molecule has 1 aromatic carbocycles. The minimum absolute atomic E-state index is 0.0578. The number of hydrogen-bond acceptors (Lipinski definition) is 5. The first-order chi connectivity index (χ1) is 11.6. The first-order valence-corrected chi connectivity index (χ1v) is 8.58. The molecule has 1 fully saturated rings. The van der Waals surface area contributed by atoms with Crippen molar-refractivity contribution in [1.29, 1.82) is 0 Å². The standard InChI is InChI=1S/C18H24FN5/c1-12(19)16-22-17(20)24-18(23-16)21-15(14-8-5-9-14)11-10-13-6-3-2-4-7-13/h2-4,6-7,12,14-15H,5,8-11H2,1H3,(H3,20,21,22,23,24)/t12?,15-/m0/s1. The quantitative estimate of drug-likeness (QED) is 0.810. The second kappa shape index (κ2) is 7.55. The van der Waals surface area contributed by atoms with Gasteiger partial charge >= 0.3 is 0 Å². The highest BCUT2D eigenvalue weighted by atomic mass is 19.1. The predicted molar refractivity (Wildman–Crippen MR) is 93.3 cm³/mol. The average molecular weight is 329 g/mol. The lowest BCUT2D eigenvalue weighted by Crippen LogP contribution is -2.35. The van der Waals surface area contributed by atoms with Crippen molar-refractivity contribution in [3.63, 3.8) is 0 Å². The SMILES string of the molecule is CC(F)c1nc(N)nc(N[C@@H](CCc2ccccc2)C2CCC2)n1. The topological polar surface area (TPSA) is 76.7 Å². The number of anilines is 2. The van der Waals surface area contributed by atoms with E-state index in [-0.39, 0.29) is 17.8 Å². The molecule has 1 aliphatic rings. The Balaban J connectivity index is 1.70. The molecule has 0 spiro atoms. The van der Waals surface area contributed by atoms with Gasteiger partial charge in [0.25, 0.3) is 0 Å². The van der Waals surface area contributed by atoms with E-state index in [1.165, 1.54) is 31.7 Å². The number of nitrogen functional groups attached to an aromatic ring is 1. The molecule has 2 aromatic rings. The molecule has 0 bridgehead atoms. The Hall–Kier alpha value is -2.24. The van der Waals surface area contributed by atoms with E-state index in [1.54, 1.807) is 0 Å². The molecule has 1 saturated carbocycles. The summed E-state index contributed by atoms with van der Waals surface area (Å²) in [7, 11) is 0. The highest BCUT2D eigenvalue weighted by Gasteiger charge is 2.28. The van der Waals surface area contributed by atoms with Crippen LogP contribution in [-0.4, -0.2) is 21.0 Å². The number of halogens is 1. The maximum atomic E-state index is 13.5. The van der Waals surface area contributed by atoms with Crippen molar-refractivity contribution in [2.45, 2.75) is 51.2 Å². The fourth-order valence-corrected chi connectivity index (χ4v) is 3.05. The lowest BCUT2D eigenvalue weighted by molar-refractivity contribution is 0.265. The second-order valence-electron chi connectivity index (χ2n) is 6.46. The van der Waals surface area contributed by atoms with Gasteiger partial charge in [-0.15, -0.1) is 0 Å². The van der Waals surface area contributed by atoms with Crippen LogP contribution in [0.5, 0.6) is 0 Å². The minimum Gasteiger partial charge on any atom is -0.368 e. The molecular formula is C18H24FN5. The van der Waals surface area contributed by atoms with Crippen molar-refractivity contribution in [1.82, 2.24) is 15.0 Å². The van der Waals surface area contributed by atoms with E-state index in [1.807, 2.05) is 6.07 Å². The molecule has 128 valence electrons. The third-order valence-corrected chi connectivity index (χ3v) is 4.65. The summed E-state index contributed by atoms with van der Waals surface area (Å²) >= 11 is 0. The van der Waals surface area contributed by atoms with E-state index in [9.17, 15) is 4.39 Å². The number of alkyl halides is 1. The Bertz CT molecular complexity index is 658. The van der Waals surface area contributed by atoms with Crippen LogP contribution >= 0.6 is 0 Å². The Morgan fingerprint density at radius 2 is 1.96 bits per heavy atom. The number of nitrogens with two attached hydrogens (primary N) is 1. The van der Waals surface area contributed by atoms with Crippen LogP contribution in [0.15, 0.2) is 30.3 Å². The van der Waals surface area contributed by atoms with Crippen LogP contribution in [0.3, 0.4) is 0 Å². The highest BCUT2D eigenvalue weighted by Crippen LogP contribution is 2.33. The molecule has 1 aliphatic carbocycles. The number of hydrogen-bond donors (Lipinski definition) is 2. The third-order valence-electron chi connectivity index (χ3n) is 4.65. The van der Waals surface area contributed by atoms with Crippen LogP contribution in [0.25, 0.3) is 0 Å². The van der Waals surface area contributed by atoms with E-state index >= 15 is 0 Å². The second-order valence-corrected chi connectivity index (χ2v) is 6.46. The van der Waals surface area contributed by atoms with Gasteiger partial charge in [-0.2, -0.15) is 15.0 Å². The summed E-state index contributed by atoms with van der Waals surface area (Å²) in [6.07, 6.45) is 4.39. The van der Waals surface area contributed by atoms with Gasteiger partial charge in [0.2, 0.25) is 11.9 Å². The van der Waals surface area contributed by atoms with Gasteiger partial charge in [-0.25, -0.2) is 4.39 Å². The number of benzene rings is 1. The molecule has 0 aliphatic heterocycles. The molecule has 3 N–H and O–H groups in total. The predicted octanol–water partition coefficient (Wildman–Crippen LogP) is 3.70. The lowest BCUT2D eigenvalue weighted by atomic mass is 9.78. The summed E-state index contributed by atoms with van der Waals surface area (Å²) in [6.45, 7) is 1.40. The fourth-order valence-electron chi connectivity index (χ4n) is 3.05. The minimum atomic E-state index is -1.26. The van der Waals surface area contributed by atoms with Gasteiger partial charge in [-0.05, 0) is 44.1 Å². The molecule has 0 amide bonds. The van der Waals surface area contributed by atoms with Crippen LogP contribution in [-0.2, 0) is 6.42 Å². The molecule has 24 heavy (non-hydrogen) atoms. The third kappa shape index (κ3) is 4.19. The number of rotatable bonds is 7. The smallest absolute Gasteiger partial charge is 0.228 e. The largest absolute Gasteiger partial charge is 0.368 e. The normalized spacial score (nSPS) is 17.1. The van der Waals surface area contributed by atoms with Crippen molar-refractivity contribution >= 4 is 11.9 Å². The summed E-state index contributed by atoms with van der Waals surface area (Å²) < 4.78 is 13.5. The molecule has 5 nitrogen and oxygen atoms in total. The highest BCUT2D eigenvalue weighted by molar-refractivity contribution is 5.33. The van der Waals surface area contributed by atoms with Crippen molar-refractivity contribution in [2.24, 2.45) is 5.92 Å². The van der Waals surface area contributed by atoms with Gasteiger partial charge in [0.1, 0.15) is 0 Å². The van der Waals surface area contributed by atoms with Crippen LogP contribution in [0.4, 0.5) is 16.3 Å². The Morgan fingerprint density at radius 3 is 2.58 bits per heavy atom. The number of nitrogens with zero attached hydrogens (tertiary/aromatic N) is 3. The number of aromatic nitrogens is 3. The maximum absolute atomic E-state index is 13.5. The zero-order chi connectivity index (χ0) is 16.9. The van der Waals surface area contributed by atoms with E-state index in [0.717, 1.165) is 12.8 Å². The van der Waals surface area contributed by atoms with Gasteiger partial charge < -0.3 is 11.1 Å². The summed E-state index contributed by atoms with van der Waals surface area (Å²) in [5.74, 6) is 1.13. The zero-order valence-corrected chi connectivity index (χ0v) is 14.0. The summed E-state index contributed by atoms with van der Waals surface area (Å²) in [5, 5.41) is 3.38. The van der Waals surface area contributed by atoms with Gasteiger partial charge in [0.05, 0.1) is 0 Å². The molecule has 0 saturated heterocycles. The monoisotopic (exact) mass is 329 g/mol. The van der Waals surface area contributed by atoms with Crippen molar-refractivity contribution in [3.8, 4) is 0 Å². The number of aryl methyl sites for hydroxylation is 1. The van der Waals surface area contributed by atoms with Crippen molar-refractivity contribution in [2.75, 3.05) is 11.1 Å². The van der Waals surface area contributed by atoms with Crippen LogP contribution < -0.4 is 11.1 Å². The Kier molecular flexibility index (Phi) is 5.23. The molecule has 2 atom stereocenters. The summed E-state index contributed by atoms with van der Waals surface area (Å²) in [5.41, 5.74) is 7.01.